The summed E-state index contributed by atoms with van der Waals surface area (Å²) in [4.78, 5) is 21.4. The Morgan fingerprint density at radius 1 is 1.23 bits per heavy atom. The minimum atomic E-state index is -4.10. The number of ether oxygens (including phenoxy) is 1. The molecule has 0 bridgehead atoms. The van der Waals surface area contributed by atoms with Crippen molar-refractivity contribution in [3.63, 3.8) is 0 Å². The Labute approximate surface area is 228 Å². The quantitative estimate of drug-likeness (QED) is 0.407. The predicted octanol–water partition coefficient (Wildman–Crippen LogP) is 2.84. The minimum absolute atomic E-state index is 0.0604. The van der Waals surface area contributed by atoms with Gasteiger partial charge in [0, 0.05) is 37.9 Å². The Morgan fingerprint density at radius 2 is 1.95 bits per heavy atom. The summed E-state index contributed by atoms with van der Waals surface area (Å²) in [7, 11) is -2.13. The van der Waals surface area contributed by atoms with Crippen molar-refractivity contribution in [3.8, 4) is 5.75 Å². The largest absolute Gasteiger partial charge is 0.486 e. The summed E-state index contributed by atoms with van der Waals surface area (Å²) in [5.41, 5.74) is 1.66. The molecule has 3 atom stereocenters. The number of benzene rings is 1. The standard InChI is InChI=1S/C27H35N5O6S/c1-17-13-32(18(2)16-33)27(34)22-7-6-8-23(30-39(35,36)26-19(3)29-38-20(26)4)25(22)37-24(17)15-31(5)14-21-9-11-28-12-10-21/h6-12,17-18,24,30,33H,13-16H2,1-5H3/t17-,18+,24-/m0/s1. The molecular formula is C27H35N5O6S. The Morgan fingerprint density at radius 3 is 2.59 bits per heavy atom. The lowest BCUT2D eigenvalue weighted by atomic mass is 9.99. The summed E-state index contributed by atoms with van der Waals surface area (Å²) in [5.74, 6) is -0.187. The van der Waals surface area contributed by atoms with E-state index in [2.05, 4.69) is 19.8 Å². The monoisotopic (exact) mass is 557 g/mol. The molecule has 0 radical (unpaired) electrons. The van der Waals surface area contributed by atoms with Crippen LogP contribution in [0.25, 0.3) is 0 Å². The van der Waals surface area contributed by atoms with E-state index >= 15 is 0 Å². The summed E-state index contributed by atoms with van der Waals surface area (Å²) in [6, 6.07) is 8.21. The summed E-state index contributed by atoms with van der Waals surface area (Å²) >= 11 is 0. The number of hydrogen-bond acceptors (Lipinski definition) is 9. The number of para-hydroxylation sites is 1. The lowest BCUT2D eigenvalue weighted by molar-refractivity contribution is 0.0344. The molecule has 0 saturated carbocycles. The van der Waals surface area contributed by atoms with Crippen molar-refractivity contribution in [2.45, 2.75) is 51.3 Å². The molecule has 3 aromatic rings. The van der Waals surface area contributed by atoms with Gasteiger partial charge in [0.25, 0.3) is 15.9 Å². The van der Waals surface area contributed by atoms with E-state index in [9.17, 15) is 18.3 Å². The maximum atomic E-state index is 13.7. The number of aryl methyl sites for hydroxylation is 2. The molecule has 1 aliphatic heterocycles. The molecule has 0 fully saturated rings. The van der Waals surface area contributed by atoms with Gasteiger partial charge in [-0.1, -0.05) is 18.1 Å². The van der Waals surface area contributed by atoms with E-state index in [1.54, 1.807) is 49.3 Å². The van der Waals surface area contributed by atoms with Gasteiger partial charge < -0.3 is 19.3 Å². The van der Waals surface area contributed by atoms with Gasteiger partial charge in [-0.05, 0) is 57.6 Å². The number of nitrogens with one attached hydrogen (secondary N) is 1. The number of aromatic nitrogens is 2. The van der Waals surface area contributed by atoms with Gasteiger partial charge in [-0.25, -0.2) is 8.42 Å². The molecule has 1 aliphatic rings. The molecule has 2 aromatic heterocycles. The van der Waals surface area contributed by atoms with Crippen LogP contribution in [0.1, 0.15) is 41.2 Å². The molecule has 0 unspecified atom stereocenters. The zero-order chi connectivity index (χ0) is 28.3. The fourth-order valence-electron chi connectivity index (χ4n) is 4.77. The van der Waals surface area contributed by atoms with Crippen LogP contribution < -0.4 is 9.46 Å². The molecule has 4 rings (SSSR count). The zero-order valence-corrected chi connectivity index (χ0v) is 23.6. The molecule has 1 amide bonds. The first-order valence-corrected chi connectivity index (χ1v) is 14.2. The van der Waals surface area contributed by atoms with E-state index in [1.165, 1.54) is 6.92 Å². The van der Waals surface area contributed by atoms with E-state index in [0.717, 1.165) is 5.56 Å². The van der Waals surface area contributed by atoms with Crippen molar-refractivity contribution in [1.29, 1.82) is 0 Å². The summed E-state index contributed by atoms with van der Waals surface area (Å²) in [6.07, 6.45) is 3.08. The predicted molar refractivity (Wildman–Crippen MR) is 145 cm³/mol. The molecule has 3 heterocycles. The average Bonchev–Trinajstić information content (AvgIpc) is 3.25. The second-order valence-corrected chi connectivity index (χ2v) is 11.7. The molecule has 11 nitrogen and oxygen atoms in total. The van der Waals surface area contributed by atoms with Crippen LogP contribution in [0.3, 0.4) is 0 Å². The van der Waals surface area contributed by atoms with Gasteiger partial charge in [-0.15, -0.1) is 0 Å². The third kappa shape index (κ3) is 6.23. The third-order valence-corrected chi connectivity index (χ3v) is 8.47. The van der Waals surface area contributed by atoms with Crippen molar-refractivity contribution < 1.29 is 27.6 Å². The molecule has 12 heteroatoms. The van der Waals surface area contributed by atoms with E-state index in [0.29, 0.717) is 19.6 Å². The molecular weight excluding hydrogens is 522 g/mol. The number of carbonyl (C=O) groups excluding carboxylic acids is 1. The van der Waals surface area contributed by atoms with Crippen LogP contribution in [-0.2, 0) is 16.6 Å². The van der Waals surface area contributed by atoms with E-state index in [1.807, 2.05) is 26.1 Å². The van der Waals surface area contributed by atoms with E-state index in [-0.39, 0.29) is 51.8 Å². The second kappa shape index (κ2) is 11.7. The Balaban J connectivity index is 1.73. The fraction of sp³-hybridized carbons (Fsp3) is 0.444. The summed E-state index contributed by atoms with van der Waals surface area (Å²) in [5, 5.41) is 13.7. The Hall–Kier alpha value is -3.48. The van der Waals surface area contributed by atoms with Crippen LogP contribution in [0.2, 0.25) is 0 Å². The Kier molecular flexibility index (Phi) is 8.57. The highest BCUT2D eigenvalue weighted by Crippen LogP contribution is 2.36. The fourth-order valence-corrected chi connectivity index (χ4v) is 6.16. The second-order valence-electron chi connectivity index (χ2n) is 10.1. The van der Waals surface area contributed by atoms with Gasteiger partial charge in [0.05, 0.1) is 23.9 Å². The first kappa shape index (κ1) is 28.5. The number of hydrogen-bond donors (Lipinski definition) is 2. The maximum absolute atomic E-state index is 13.7. The van der Waals surface area contributed by atoms with Gasteiger partial charge in [0.1, 0.15) is 11.8 Å². The molecule has 1 aromatic carbocycles. The number of aliphatic hydroxyl groups excluding tert-OH is 1. The Bertz CT molecular complexity index is 1390. The highest BCUT2D eigenvalue weighted by molar-refractivity contribution is 7.92. The topological polar surface area (TPSA) is 138 Å². The first-order valence-electron chi connectivity index (χ1n) is 12.8. The molecule has 0 spiro atoms. The average molecular weight is 558 g/mol. The van der Waals surface area contributed by atoms with Crippen LogP contribution in [0.5, 0.6) is 5.75 Å². The van der Waals surface area contributed by atoms with Crippen molar-refractivity contribution in [1.82, 2.24) is 19.9 Å². The molecule has 39 heavy (non-hydrogen) atoms. The van der Waals surface area contributed by atoms with E-state index < -0.39 is 22.2 Å². The van der Waals surface area contributed by atoms with Gasteiger partial charge in [0.2, 0.25) is 0 Å². The van der Waals surface area contributed by atoms with Crippen LogP contribution in [0.4, 0.5) is 5.69 Å². The number of rotatable bonds is 9. The number of carbonyl (C=O) groups is 1. The number of anilines is 1. The maximum Gasteiger partial charge on any atom is 0.267 e. The number of amides is 1. The zero-order valence-electron chi connectivity index (χ0n) is 22.8. The first-order chi connectivity index (χ1) is 18.5. The molecule has 210 valence electrons. The SMILES string of the molecule is Cc1noc(C)c1S(=O)(=O)Nc1cccc2c1O[C@@H](CN(C)Cc1ccncc1)[C@@H](C)CN([C@H](C)CO)C2=O. The smallest absolute Gasteiger partial charge is 0.267 e. The highest BCUT2D eigenvalue weighted by atomic mass is 32.2. The van der Waals surface area contributed by atoms with Gasteiger partial charge in [-0.3, -0.25) is 19.4 Å². The number of sulfonamides is 1. The van der Waals surface area contributed by atoms with Crippen molar-refractivity contribution in [2.24, 2.45) is 5.92 Å². The van der Waals surface area contributed by atoms with Crippen LogP contribution in [0, 0.1) is 19.8 Å². The van der Waals surface area contributed by atoms with Crippen LogP contribution in [0.15, 0.2) is 52.1 Å². The minimum Gasteiger partial charge on any atom is -0.486 e. The van der Waals surface area contributed by atoms with Gasteiger partial charge in [-0.2, -0.15) is 0 Å². The third-order valence-electron chi connectivity index (χ3n) is 6.87. The van der Waals surface area contributed by atoms with Gasteiger partial charge >= 0.3 is 0 Å². The van der Waals surface area contributed by atoms with E-state index in [4.69, 9.17) is 9.26 Å². The molecule has 0 aliphatic carbocycles. The lowest BCUT2D eigenvalue weighted by Gasteiger charge is -2.38. The van der Waals surface area contributed by atoms with Crippen molar-refractivity contribution in [2.75, 3.05) is 31.5 Å². The number of aliphatic hydroxyl groups is 1. The van der Waals surface area contributed by atoms with Crippen molar-refractivity contribution >= 4 is 21.6 Å². The summed E-state index contributed by atoms with van der Waals surface area (Å²) < 4.78 is 40.9. The van der Waals surface area contributed by atoms with Crippen LogP contribution >= 0.6 is 0 Å². The lowest BCUT2D eigenvalue weighted by Crippen LogP contribution is -2.49. The number of fused-ring (bicyclic) bond motifs is 1. The van der Waals surface area contributed by atoms with Gasteiger partial charge in [0.15, 0.2) is 16.4 Å². The molecule has 0 saturated heterocycles. The number of nitrogens with zero attached hydrogens (tertiary/aromatic N) is 4. The molecule has 2 N–H and O–H groups in total. The normalized spacial score (nSPS) is 18.7. The highest BCUT2D eigenvalue weighted by Gasteiger charge is 2.35. The number of pyridine rings is 1. The van der Waals surface area contributed by atoms with Crippen LogP contribution in [-0.4, -0.2) is 78.3 Å². The number of likely N-dealkylation sites (N-methyl/N-ethyl adjacent to an activating group) is 1. The summed E-state index contributed by atoms with van der Waals surface area (Å²) in [6.45, 7) is 8.14. The van der Waals surface area contributed by atoms with Crippen molar-refractivity contribution in [3.05, 3.63) is 65.3 Å².